The Hall–Kier alpha value is -3.62. The van der Waals surface area contributed by atoms with Crippen molar-refractivity contribution in [2.45, 2.75) is 12.5 Å². The molecule has 1 aromatic heterocycles. The molecule has 1 atom stereocenters. The molecule has 4 amide bonds. The highest BCUT2D eigenvalue weighted by Gasteiger charge is 2.50. The molecule has 0 bridgehead atoms. The number of H-pyrrole nitrogens is 1. The van der Waals surface area contributed by atoms with Crippen molar-refractivity contribution in [1.82, 2.24) is 20.7 Å². The SMILES string of the molecule is COC(=O)c1ccc(C(=O)NN2C(=O)NC(C)(c3ccccc3)C2=O)[nH]1. The standard InChI is InChI=1S/C17H16N4O5/c1-17(10-6-4-3-5-7-10)15(24)21(16(25)19-17)20-13(22)11-8-9-12(18-11)14(23)26-2/h3-9,18H,1-2H3,(H,19,25)(H,20,22). The fourth-order valence-corrected chi connectivity index (χ4v) is 2.63. The van der Waals surface area contributed by atoms with Gasteiger partial charge in [0.2, 0.25) is 0 Å². The molecule has 1 fully saturated rings. The number of hydrazine groups is 1. The number of methoxy groups -OCH3 is 1. The molecule has 0 aliphatic carbocycles. The molecule has 134 valence electrons. The number of aromatic nitrogens is 1. The van der Waals surface area contributed by atoms with Crippen LogP contribution < -0.4 is 10.7 Å². The van der Waals surface area contributed by atoms with Crippen LogP contribution in [0.4, 0.5) is 4.79 Å². The van der Waals surface area contributed by atoms with Crippen LogP contribution in [0.1, 0.15) is 33.5 Å². The second kappa shape index (κ2) is 6.36. The lowest BCUT2D eigenvalue weighted by atomic mass is 9.92. The molecule has 1 unspecified atom stereocenters. The normalized spacial score (nSPS) is 19.2. The summed E-state index contributed by atoms with van der Waals surface area (Å²) in [5, 5.41) is 3.19. The first-order valence-electron chi connectivity index (χ1n) is 7.67. The Labute approximate surface area is 148 Å². The van der Waals surface area contributed by atoms with Gasteiger partial charge in [0.15, 0.2) is 0 Å². The van der Waals surface area contributed by atoms with Crippen molar-refractivity contribution in [3.05, 3.63) is 59.4 Å². The largest absolute Gasteiger partial charge is 0.464 e. The summed E-state index contributed by atoms with van der Waals surface area (Å²) in [6.45, 7) is 1.55. The molecule has 1 aliphatic heterocycles. The molecule has 1 saturated heterocycles. The Morgan fingerprint density at radius 3 is 2.38 bits per heavy atom. The van der Waals surface area contributed by atoms with Crippen molar-refractivity contribution in [3.8, 4) is 0 Å². The average Bonchev–Trinajstić information content (AvgIpc) is 3.22. The zero-order valence-corrected chi connectivity index (χ0v) is 14.0. The van der Waals surface area contributed by atoms with Gasteiger partial charge in [0.1, 0.15) is 16.9 Å². The number of amides is 4. The first-order valence-corrected chi connectivity index (χ1v) is 7.67. The van der Waals surface area contributed by atoms with Crippen LogP contribution in [0, 0.1) is 0 Å². The molecule has 0 radical (unpaired) electrons. The van der Waals surface area contributed by atoms with E-state index < -0.39 is 29.4 Å². The van der Waals surface area contributed by atoms with Crippen LogP contribution in [0.3, 0.4) is 0 Å². The number of benzene rings is 1. The Bertz CT molecular complexity index is 892. The monoisotopic (exact) mass is 356 g/mol. The van der Waals surface area contributed by atoms with Gasteiger partial charge < -0.3 is 15.0 Å². The highest BCUT2D eigenvalue weighted by Crippen LogP contribution is 2.27. The zero-order valence-electron chi connectivity index (χ0n) is 14.0. The van der Waals surface area contributed by atoms with Gasteiger partial charge >= 0.3 is 12.0 Å². The minimum absolute atomic E-state index is 0.000635. The number of esters is 1. The van der Waals surface area contributed by atoms with Gasteiger partial charge in [-0.1, -0.05) is 30.3 Å². The molecule has 9 nitrogen and oxygen atoms in total. The molecule has 3 rings (SSSR count). The zero-order chi connectivity index (χ0) is 18.9. The molecule has 9 heteroatoms. The molecule has 2 aromatic rings. The van der Waals surface area contributed by atoms with Crippen LogP contribution in [-0.4, -0.2) is 40.9 Å². The van der Waals surface area contributed by atoms with Crippen molar-refractivity contribution in [1.29, 1.82) is 0 Å². The number of imide groups is 1. The van der Waals surface area contributed by atoms with E-state index in [1.165, 1.54) is 19.2 Å². The van der Waals surface area contributed by atoms with E-state index in [1.807, 2.05) is 0 Å². The van der Waals surface area contributed by atoms with E-state index in [2.05, 4.69) is 20.5 Å². The van der Waals surface area contributed by atoms with Crippen molar-refractivity contribution in [2.75, 3.05) is 7.11 Å². The van der Waals surface area contributed by atoms with Gasteiger partial charge in [-0.2, -0.15) is 5.01 Å². The van der Waals surface area contributed by atoms with E-state index in [-0.39, 0.29) is 11.4 Å². The summed E-state index contributed by atoms with van der Waals surface area (Å²) in [7, 11) is 1.21. The lowest BCUT2D eigenvalue weighted by Crippen LogP contribution is -2.48. The van der Waals surface area contributed by atoms with Gasteiger partial charge in [-0.05, 0) is 24.6 Å². The number of aromatic amines is 1. The maximum atomic E-state index is 12.7. The van der Waals surface area contributed by atoms with Crippen LogP contribution in [0.2, 0.25) is 0 Å². The molecule has 2 heterocycles. The van der Waals surface area contributed by atoms with Crippen molar-refractivity contribution < 1.29 is 23.9 Å². The summed E-state index contributed by atoms with van der Waals surface area (Å²) in [6.07, 6.45) is 0. The van der Waals surface area contributed by atoms with Crippen molar-refractivity contribution in [2.24, 2.45) is 0 Å². The number of carbonyl (C=O) groups is 4. The Balaban J connectivity index is 1.79. The molecular weight excluding hydrogens is 340 g/mol. The minimum Gasteiger partial charge on any atom is -0.464 e. The maximum absolute atomic E-state index is 12.7. The van der Waals surface area contributed by atoms with Crippen LogP contribution >= 0.6 is 0 Å². The molecule has 0 saturated carbocycles. The van der Waals surface area contributed by atoms with Crippen LogP contribution in [0.25, 0.3) is 0 Å². The number of carbonyl (C=O) groups excluding carboxylic acids is 4. The number of hydrogen-bond donors (Lipinski definition) is 3. The number of nitrogens with one attached hydrogen (secondary N) is 3. The quantitative estimate of drug-likeness (QED) is 0.555. The second-order valence-corrected chi connectivity index (χ2v) is 5.78. The van der Waals surface area contributed by atoms with E-state index in [1.54, 1.807) is 37.3 Å². The Morgan fingerprint density at radius 1 is 1.08 bits per heavy atom. The predicted octanol–water partition coefficient (Wildman–Crippen LogP) is 0.913. The van der Waals surface area contributed by atoms with Crippen LogP contribution in [0.15, 0.2) is 42.5 Å². The number of ether oxygens (including phenoxy) is 1. The number of rotatable bonds is 4. The number of nitrogens with zero attached hydrogens (tertiary/aromatic N) is 1. The maximum Gasteiger partial charge on any atom is 0.354 e. The molecule has 3 N–H and O–H groups in total. The topological polar surface area (TPSA) is 121 Å². The highest BCUT2D eigenvalue weighted by atomic mass is 16.5. The summed E-state index contributed by atoms with van der Waals surface area (Å²) in [5.41, 5.74) is 1.60. The fourth-order valence-electron chi connectivity index (χ4n) is 2.63. The van der Waals surface area contributed by atoms with Crippen LogP contribution in [0.5, 0.6) is 0 Å². The van der Waals surface area contributed by atoms with Gasteiger partial charge in [0.05, 0.1) is 7.11 Å². The summed E-state index contributed by atoms with van der Waals surface area (Å²) in [6, 6.07) is 10.6. The lowest BCUT2D eigenvalue weighted by Gasteiger charge is -2.21. The summed E-state index contributed by atoms with van der Waals surface area (Å²) < 4.78 is 4.54. The third-order valence-corrected chi connectivity index (χ3v) is 4.09. The van der Waals surface area contributed by atoms with Crippen molar-refractivity contribution >= 4 is 23.8 Å². The van der Waals surface area contributed by atoms with Gasteiger partial charge in [0.25, 0.3) is 11.8 Å². The van der Waals surface area contributed by atoms with Crippen molar-refractivity contribution in [3.63, 3.8) is 0 Å². The van der Waals surface area contributed by atoms with Crippen LogP contribution in [-0.2, 0) is 15.1 Å². The number of urea groups is 1. The average molecular weight is 356 g/mol. The van der Waals surface area contributed by atoms with Gasteiger partial charge in [-0.15, -0.1) is 0 Å². The minimum atomic E-state index is -1.29. The molecule has 26 heavy (non-hydrogen) atoms. The summed E-state index contributed by atoms with van der Waals surface area (Å²) in [5.74, 6) is -2.02. The molecule has 1 aromatic carbocycles. The van der Waals surface area contributed by atoms with E-state index in [0.717, 1.165) is 0 Å². The van der Waals surface area contributed by atoms with Gasteiger partial charge in [-0.25, -0.2) is 9.59 Å². The Morgan fingerprint density at radius 2 is 1.73 bits per heavy atom. The van der Waals surface area contributed by atoms with E-state index in [0.29, 0.717) is 10.6 Å². The third-order valence-electron chi connectivity index (χ3n) is 4.09. The number of hydrogen-bond acceptors (Lipinski definition) is 5. The molecular formula is C17H16N4O5. The Kier molecular flexibility index (Phi) is 4.21. The first-order chi connectivity index (χ1) is 12.4. The first kappa shape index (κ1) is 17.2. The second-order valence-electron chi connectivity index (χ2n) is 5.78. The predicted molar refractivity (Wildman–Crippen MR) is 88.8 cm³/mol. The molecule has 1 aliphatic rings. The smallest absolute Gasteiger partial charge is 0.354 e. The van der Waals surface area contributed by atoms with E-state index in [9.17, 15) is 19.2 Å². The third kappa shape index (κ3) is 2.79. The highest BCUT2D eigenvalue weighted by molar-refractivity contribution is 6.09. The summed E-state index contributed by atoms with van der Waals surface area (Å²) in [4.78, 5) is 51.2. The fraction of sp³-hybridized carbons (Fsp3) is 0.176. The molecule has 0 spiro atoms. The van der Waals surface area contributed by atoms with E-state index >= 15 is 0 Å². The van der Waals surface area contributed by atoms with Gasteiger partial charge in [-0.3, -0.25) is 15.0 Å². The lowest BCUT2D eigenvalue weighted by molar-refractivity contribution is -0.132. The van der Waals surface area contributed by atoms with E-state index in [4.69, 9.17) is 0 Å². The summed E-state index contributed by atoms with van der Waals surface area (Å²) >= 11 is 0. The van der Waals surface area contributed by atoms with Gasteiger partial charge in [0, 0.05) is 0 Å².